The van der Waals surface area contributed by atoms with Crippen LogP contribution in [0.2, 0.25) is 0 Å². The van der Waals surface area contributed by atoms with E-state index in [0.29, 0.717) is 11.3 Å². The molecule has 4 nitrogen and oxygen atoms in total. The molecule has 0 amide bonds. The second-order valence-electron chi connectivity index (χ2n) is 4.35. The lowest BCUT2D eigenvalue weighted by molar-refractivity contribution is -0.130. The van der Waals surface area contributed by atoms with Gasteiger partial charge in [0.05, 0.1) is 12.7 Å². The van der Waals surface area contributed by atoms with Gasteiger partial charge in [0, 0.05) is 18.0 Å². The third-order valence-electron chi connectivity index (χ3n) is 2.87. The molecule has 4 heteroatoms. The number of hydrogen-bond acceptors (Lipinski definition) is 3. The Morgan fingerprint density at radius 2 is 2.15 bits per heavy atom. The summed E-state index contributed by atoms with van der Waals surface area (Å²) in [6.07, 6.45) is 4.85. The molecule has 0 aliphatic heterocycles. The molecule has 1 aromatic heterocycles. The largest absolute Gasteiger partial charge is 0.496 e. The van der Waals surface area contributed by atoms with Gasteiger partial charge in [0.1, 0.15) is 5.75 Å². The Balaban J connectivity index is 2.58. The van der Waals surface area contributed by atoms with E-state index in [1.54, 1.807) is 42.7 Å². The third-order valence-corrected chi connectivity index (χ3v) is 2.87. The van der Waals surface area contributed by atoms with Crippen molar-refractivity contribution in [3.63, 3.8) is 0 Å². The zero-order valence-corrected chi connectivity index (χ0v) is 11.3. The summed E-state index contributed by atoms with van der Waals surface area (Å²) in [6.45, 7) is 1.91. The Bertz CT molecular complexity index is 648. The number of aromatic nitrogens is 1. The number of rotatable bonds is 4. The Morgan fingerprint density at radius 1 is 1.35 bits per heavy atom. The summed E-state index contributed by atoms with van der Waals surface area (Å²) in [5, 5.41) is 9.45. The van der Waals surface area contributed by atoms with Crippen molar-refractivity contribution in [1.29, 1.82) is 0 Å². The molecular weight excluding hydrogens is 254 g/mol. The summed E-state index contributed by atoms with van der Waals surface area (Å²) in [5.41, 5.74) is 2.44. The van der Waals surface area contributed by atoms with E-state index in [-0.39, 0.29) is 5.57 Å². The fourth-order valence-electron chi connectivity index (χ4n) is 1.92. The van der Waals surface area contributed by atoms with Crippen LogP contribution < -0.4 is 4.74 Å². The van der Waals surface area contributed by atoms with Crippen molar-refractivity contribution in [2.75, 3.05) is 7.11 Å². The minimum absolute atomic E-state index is 0.179. The lowest BCUT2D eigenvalue weighted by atomic mass is 10.0. The van der Waals surface area contributed by atoms with Crippen molar-refractivity contribution >= 4 is 17.6 Å². The highest BCUT2D eigenvalue weighted by Gasteiger charge is 2.15. The minimum Gasteiger partial charge on any atom is -0.496 e. The molecule has 102 valence electrons. The van der Waals surface area contributed by atoms with Crippen LogP contribution in [-0.2, 0) is 4.79 Å². The zero-order valence-electron chi connectivity index (χ0n) is 11.3. The SMILES string of the molecule is COc1ccc(C)cc1/C(=C/c1cccnc1)C(=O)O. The summed E-state index contributed by atoms with van der Waals surface area (Å²) in [4.78, 5) is 15.5. The lowest BCUT2D eigenvalue weighted by Crippen LogP contribution is -2.02. The highest BCUT2D eigenvalue weighted by Crippen LogP contribution is 2.28. The first-order valence-corrected chi connectivity index (χ1v) is 6.12. The van der Waals surface area contributed by atoms with Crippen LogP contribution in [0.1, 0.15) is 16.7 Å². The molecule has 1 heterocycles. The molecule has 1 aromatic carbocycles. The first-order chi connectivity index (χ1) is 9.61. The topological polar surface area (TPSA) is 59.4 Å². The number of carbonyl (C=O) groups is 1. The van der Waals surface area contributed by atoms with Crippen molar-refractivity contribution < 1.29 is 14.6 Å². The van der Waals surface area contributed by atoms with Gasteiger partial charge >= 0.3 is 5.97 Å². The molecule has 2 rings (SSSR count). The van der Waals surface area contributed by atoms with Gasteiger partial charge < -0.3 is 9.84 Å². The summed E-state index contributed by atoms with van der Waals surface area (Å²) >= 11 is 0. The Labute approximate surface area is 117 Å². The predicted octanol–water partition coefficient (Wildman–Crippen LogP) is 3.02. The highest BCUT2D eigenvalue weighted by molar-refractivity contribution is 6.21. The second-order valence-corrected chi connectivity index (χ2v) is 4.35. The maximum absolute atomic E-state index is 11.5. The number of benzene rings is 1. The van der Waals surface area contributed by atoms with Crippen LogP contribution >= 0.6 is 0 Å². The Morgan fingerprint density at radius 3 is 2.75 bits per heavy atom. The first kappa shape index (κ1) is 13.8. The molecular formula is C16H15NO3. The number of carboxylic acids is 1. The van der Waals surface area contributed by atoms with Crippen LogP contribution in [0.25, 0.3) is 11.6 Å². The van der Waals surface area contributed by atoms with E-state index in [1.807, 2.05) is 13.0 Å². The van der Waals surface area contributed by atoms with Crippen molar-refractivity contribution in [1.82, 2.24) is 4.98 Å². The number of ether oxygens (including phenoxy) is 1. The van der Waals surface area contributed by atoms with Crippen LogP contribution in [0.3, 0.4) is 0 Å². The van der Waals surface area contributed by atoms with Gasteiger partial charge in [-0.1, -0.05) is 17.7 Å². The molecule has 2 aromatic rings. The fourth-order valence-corrected chi connectivity index (χ4v) is 1.92. The number of carboxylic acid groups (broad SMARTS) is 1. The summed E-state index contributed by atoms with van der Waals surface area (Å²) < 4.78 is 5.25. The van der Waals surface area contributed by atoms with Crippen molar-refractivity contribution in [3.8, 4) is 5.75 Å². The molecule has 0 spiro atoms. The highest BCUT2D eigenvalue weighted by atomic mass is 16.5. The first-order valence-electron chi connectivity index (χ1n) is 6.12. The molecule has 1 N–H and O–H groups in total. The van der Waals surface area contributed by atoms with E-state index in [0.717, 1.165) is 11.1 Å². The number of nitrogens with zero attached hydrogens (tertiary/aromatic N) is 1. The number of methoxy groups -OCH3 is 1. The monoisotopic (exact) mass is 269 g/mol. The number of pyridine rings is 1. The van der Waals surface area contributed by atoms with E-state index in [1.165, 1.54) is 7.11 Å². The molecule has 20 heavy (non-hydrogen) atoms. The quantitative estimate of drug-likeness (QED) is 0.867. The molecule has 0 atom stereocenters. The van der Waals surface area contributed by atoms with Crippen LogP contribution in [-0.4, -0.2) is 23.2 Å². The van der Waals surface area contributed by atoms with Crippen LogP contribution in [0, 0.1) is 6.92 Å². The molecule has 0 aliphatic rings. The van der Waals surface area contributed by atoms with Gasteiger partial charge in [-0.2, -0.15) is 0 Å². The van der Waals surface area contributed by atoms with Crippen molar-refractivity contribution in [2.45, 2.75) is 6.92 Å². The molecule has 0 saturated heterocycles. The van der Waals surface area contributed by atoms with E-state index < -0.39 is 5.97 Å². The average molecular weight is 269 g/mol. The normalized spacial score (nSPS) is 11.2. The molecule has 0 bridgehead atoms. The van der Waals surface area contributed by atoms with Gasteiger partial charge in [-0.25, -0.2) is 4.79 Å². The lowest BCUT2D eigenvalue weighted by Gasteiger charge is -2.10. The van der Waals surface area contributed by atoms with E-state index >= 15 is 0 Å². The molecule has 0 aliphatic carbocycles. The smallest absolute Gasteiger partial charge is 0.336 e. The maximum Gasteiger partial charge on any atom is 0.336 e. The van der Waals surface area contributed by atoms with Gasteiger partial charge in [-0.3, -0.25) is 4.98 Å². The van der Waals surface area contributed by atoms with Gasteiger partial charge in [0.25, 0.3) is 0 Å². The van der Waals surface area contributed by atoms with E-state index in [4.69, 9.17) is 4.74 Å². The molecule has 0 unspecified atom stereocenters. The van der Waals surface area contributed by atoms with Gasteiger partial charge in [-0.05, 0) is 36.8 Å². The number of aliphatic carboxylic acids is 1. The predicted molar refractivity (Wildman–Crippen MR) is 77.5 cm³/mol. The van der Waals surface area contributed by atoms with Gasteiger partial charge in [0.15, 0.2) is 0 Å². The number of hydrogen-bond donors (Lipinski definition) is 1. The molecule has 0 fully saturated rings. The van der Waals surface area contributed by atoms with Crippen molar-refractivity contribution in [2.24, 2.45) is 0 Å². The third kappa shape index (κ3) is 3.03. The van der Waals surface area contributed by atoms with E-state index in [9.17, 15) is 9.90 Å². The Kier molecular flexibility index (Phi) is 4.15. The standard InChI is InChI=1S/C16H15NO3/c1-11-5-6-15(20-2)13(8-11)14(16(18)19)9-12-4-3-7-17-10-12/h3-10H,1-2H3,(H,18,19)/b14-9-. The molecule has 0 saturated carbocycles. The van der Waals surface area contributed by atoms with Gasteiger partial charge in [-0.15, -0.1) is 0 Å². The van der Waals surface area contributed by atoms with Crippen LogP contribution in [0.5, 0.6) is 5.75 Å². The van der Waals surface area contributed by atoms with Crippen molar-refractivity contribution in [3.05, 3.63) is 59.4 Å². The summed E-state index contributed by atoms with van der Waals surface area (Å²) in [5.74, 6) is -0.467. The van der Waals surface area contributed by atoms with Gasteiger partial charge in [0.2, 0.25) is 0 Å². The summed E-state index contributed by atoms with van der Waals surface area (Å²) in [6, 6.07) is 9.02. The summed E-state index contributed by atoms with van der Waals surface area (Å²) in [7, 11) is 1.53. The molecule has 0 radical (unpaired) electrons. The van der Waals surface area contributed by atoms with E-state index in [2.05, 4.69) is 4.98 Å². The number of aryl methyl sites for hydroxylation is 1. The Hall–Kier alpha value is -2.62. The fraction of sp³-hybridized carbons (Fsp3) is 0.125. The van der Waals surface area contributed by atoms with Crippen LogP contribution in [0.4, 0.5) is 0 Å². The average Bonchev–Trinajstić information content (AvgIpc) is 2.45. The van der Waals surface area contributed by atoms with Crippen LogP contribution in [0.15, 0.2) is 42.7 Å². The maximum atomic E-state index is 11.5. The second kappa shape index (κ2) is 6.02. The zero-order chi connectivity index (χ0) is 14.5. The minimum atomic E-state index is -1.00.